The van der Waals surface area contributed by atoms with Crippen molar-refractivity contribution in [3.63, 3.8) is 0 Å². The van der Waals surface area contributed by atoms with E-state index in [0.29, 0.717) is 17.1 Å². The lowest BCUT2D eigenvalue weighted by Crippen LogP contribution is -2.30. The van der Waals surface area contributed by atoms with Gasteiger partial charge in [0.05, 0.1) is 23.7 Å². The molecule has 0 spiro atoms. The summed E-state index contributed by atoms with van der Waals surface area (Å²) in [5.41, 5.74) is 7.00. The van der Waals surface area contributed by atoms with Crippen molar-refractivity contribution >= 4 is 29.0 Å². The molecule has 0 radical (unpaired) electrons. The maximum Gasteiger partial charge on any atom is 0.305 e. The Balaban J connectivity index is 1.53. The Hall–Kier alpha value is -4.13. The molecule has 4 aromatic rings. The van der Waals surface area contributed by atoms with Crippen molar-refractivity contribution in [3.8, 4) is 0 Å². The van der Waals surface area contributed by atoms with Crippen molar-refractivity contribution in [2.24, 2.45) is 0 Å². The van der Waals surface area contributed by atoms with Crippen LogP contribution in [0.5, 0.6) is 0 Å². The number of amides is 1. The van der Waals surface area contributed by atoms with Gasteiger partial charge in [-0.15, -0.1) is 0 Å². The molecule has 1 amide bonds. The number of carbonyl (C=O) groups excluding carboxylic acids is 1. The molecule has 0 aliphatic heterocycles. The highest BCUT2D eigenvalue weighted by Gasteiger charge is 2.32. The molecule has 5 rings (SSSR count). The lowest BCUT2D eigenvalue weighted by atomic mass is 10.0. The van der Waals surface area contributed by atoms with Crippen LogP contribution >= 0.6 is 0 Å². The average molecular weight is 483 g/mol. The molecule has 1 saturated carbocycles. The van der Waals surface area contributed by atoms with Crippen LogP contribution in [0.4, 0.5) is 11.5 Å². The van der Waals surface area contributed by atoms with Crippen LogP contribution in [0.15, 0.2) is 60.8 Å². The second kappa shape index (κ2) is 9.49. The molecule has 1 atom stereocenters. The van der Waals surface area contributed by atoms with Gasteiger partial charge in [-0.3, -0.25) is 14.0 Å². The normalized spacial score (nSPS) is 14.0. The van der Waals surface area contributed by atoms with E-state index in [-0.39, 0.29) is 12.3 Å². The highest BCUT2D eigenvalue weighted by Crippen LogP contribution is 2.44. The molecule has 7 nitrogen and oxygen atoms in total. The van der Waals surface area contributed by atoms with E-state index in [2.05, 4.69) is 36.6 Å². The number of carboxylic acids is 1. The molecular weight excluding hydrogens is 452 g/mol. The summed E-state index contributed by atoms with van der Waals surface area (Å²) in [5.74, 6) is -0.0868. The van der Waals surface area contributed by atoms with Gasteiger partial charge in [0.1, 0.15) is 5.82 Å². The molecule has 3 N–H and O–H groups in total. The minimum atomic E-state index is -0.975. The van der Waals surface area contributed by atoms with Gasteiger partial charge in [0.15, 0.2) is 5.65 Å². The number of nitrogens with zero attached hydrogens (tertiary/aromatic N) is 2. The van der Waals surface area contributed by atoms with Crippen molar-refractivity contribution in [1.82, 2.24) is 14.7 Å². The van der Waals surface area contributed by atoms with E-state index in [9.17, 15) is 14.7 Å². The first-order chi connectivity index (χ1) is 17.3. The lowest BCUT2D eigenvalue weighted by Gasteiger charge is -2.18. The smallest absolute Gasteiger partial charge is 0.305 e. The number of aliphatic carboxylic acids is 1. The summed E-state index contributed by atoms with van der Waals surface area (Å²) < 4.78 is 1.94. The van der Waals surface area contributed by atoms with Crippen LogP contribution < -0.4 is 10.6 Å². The third-order valence-electron chi connectivity index (χ3n) is 6.74. The van der Waals surface area contributed by atoms with Crippen molar-refractivity contribution in [2.45, 2.75) is 52.0 Å². The number of aryl methyl sites for hydroxylation is 3. The zero-order valence-corrected chi connectivity index (χ0v) is 20.7. The van der Waals surface area contributed by atoms with Crippen molar-refractivity contribution in [2.75, 3.05) is 5.32 Å². The van der Waals surface area contributed by atoms with Gasteiger partial charge in [0.25, 0.3) is 5.91 Å². The number of imidazole rings is 1. The number of pyridine rings is 1. The first-order valence-electron chi connectivity index (χ1n) is 12.2. The molecule has 7 heteroatoms. The number of carbonyl (C=O) groups is 2. The fourth-order valence-corrected chi connectivity index (χ4v) is 4.71. The first kappa shape index (κ1) is 23.6. The largest absolute Gasteiger partial charge is 0.481 e. The molecule has 0 bridgehead atoms. The number of aromatic nitrogens is 2. The van der Waals surface area contributed by atoms with Gasteiger partial charge in [-0.2, -0.15) is 0 Å². The number of anilines is 2. The second-order valence-corrected chi connectivity index (χ2v) is 9.67. The molecule has 184 valence electrons. The third kappa shape index (κ3) is 4.69. The molecule has 1 aliphatic carbocycles. The number of hydrogen-bond donors (Lipinski definition) is 3. The van der Waals surface area contributed by atoms with E-state index in [1.807, 2.05) is 53.9 Å². The van der Waals surface area contributed by atoms with Crippen LogP contribution in [0.1, 0.15) is 69.5 Å². The fourth-order valence-electron chi connectivity index (χ4n) is 4.71. The summed E-state index contributed by atoms with van der Waals surface area (Å²) >= 11 is 0. The maximum atomic E-state index is 13.5. The van der Waals surface area contributed by atoms with E-state index in [0.717, 1.165) is 52.3 Å². The Morgan fingerprint density at radius 3 is 2.44 bits per heavy atom. The molecule has 1 unspecified atom stereocenters. The number of carboxylic acid groups (broad SMARTS) is 1. The summed E-state index contributed by atoms with van der Waals surface area (Å²) in [6.45, 7) is 6.09. The highest BCUT2D eigenvalue weighted by atomic mass is 16.4. The quantitative estimate of drug-likeness (QED) is 0.294. The van der Waals surface area contributed by atoms with Gasteiger partial charge in [0, 0.05) is 17.8 Å². The molecule has 1 aliphatic rings. The molecule has 2 aromatic carbocycles. The Kier molecular flexibility index (Phi) is 6.22. The Morgan fingerprint density at radius 2 is 1.78 bits per heavy atom. The van der Waals surface area contributed by atoms with E-state index in [1.54, 1.807) is 6.07 Å². The molecule has 1 fully saturated rings. The Bertz CT molecular complexity index is 1450. The molecule has 2 aromatic heterocycles. The maximum absolute atomic E-state index is 13.5. The molecule has 36 heavy (non-hydrogen) atoms. The predicted molar refractivity (Wildman–Crippen MR) is 140 cm³/mol. The van der Waals surface area contributed by atoms with E-state index < -0.39 is 12.0 Å². The summed E-state index contributed by atoms with van der Waals surface area (Å²) in [6.07, 6.45) is 3.84. The van der Waals surface area contributed by atoms with E-state index in [1.165, 1.54) is 0 Å². The summed E-state index contributed by atoms with van der Waals surface area (Å²) in [4.78, 5) is 30.0. The third-order valence-corrected chi connectivity index (χ3v) is 6.74. The van der Waals surface area contributed by atoms with Crippen molar-refractivity contribution in [1.29, 1.82) is 0 Å². The van der Waals surface area contributed by atoms with E-state index >= 15 is 0 Å². The van der Waals surface area contributed by atoms with Gasteiger partial charge < -0.3 is 15.7 Å². The molecule has 0 saturated heterocycles. The SMILES string of the molecule is Cc1cccc(C(CC(=O)O)NC(=O)c2cccn3c(Nc4c(C)cccc4C)c(C4CC4)nc23)c1. The van der Waals surface area contributed by atoms with Crippen molar-refractivity contribution < 1.29 is 14.7 Å². The summed E-state index contributed by atoms with van der Waals surface area (Å²) in [5, 5.41) is 16.0. The van der Waals surface area contributed by atoms with Crippen LogP contribution in [-0.4, -0.2) is 26.4 Å². The monoisotopic (exact) mass is 482 g/mol. The number of fused-ring (bicyclic) bond motifs is 1. The number of nitrogens with one attached hydrogen (secondary N) is 2. The number of rotatable bonds is 8. The Labute approximate surface area is 210 Å². The second-order valence-electron chi connectivity index (χ2n) is 9.67. The topological polar surface area (TPSA) is 95.7 Å². The van der Waals surface area contributed by atoms with Gasteiger partial charge >= 0.3 is 5.97 Å². The molecular formula is C29H30N4O3. The van der Waals surface area contributed by atoms with Crippen LogP contribution in [0.3, 0.4) is 0 Å². The summed E-state index contributed by atoms with van der Waals surface area (Å²) in [7, 11) is 0. The standard InChI is InChI=1S/C29H30N4O3/c1-17-7-4-10-21(15-17)23(16-24(34)35)30-29(36)22-11-6-14-33-27(22)32-26(20-12-13-20)28(33)31-25-18(2)8-5-9-19(25)3/h4-11,14-15,20,23,31H,12-13,16H2,1-3H3,(H,30,36)(H,34,35). The number of benzene rings is 2. The lowest BCUT2D eigenvalue weighted by molar-refractivity contribution is -0.137. The van der Waals surface area contributed by atoms with Gasteiger partial charge in [-0.05, 0) is 62.4 Å². The predicted octanol–water partition coefficient (Wildman–Crippen LogP) is 5.83. The van der Waals surface area contributed by atoms with Crippen LogP contribution in [0, 0.1) is 20.8 Å². The Morgan fingerprint density at radius 1 is 1.06 bits per heavy atom. The van der Waals surface area contributed by atoms with Gasteiger partial charge in [0.2, 0.25) is 0 Å². The zero-order chi connectivity index (χ0) is 25.4. The summed E-state index contributed by atoms with van der Waals surface area (Å²) in [6, 6.07) is 16.7. The zero-order valence-electron chi connectivity index (χ0n) is 20.7. The van der Waals surface area contributed by atoms with Crippen LogP contribution in [-0.2, 0) is 4.79 Å². The molecule has 2 heterocycles. The van der Waals surface area contributed by atoms with Gasteiger partial charge in [-0.1, -0.05) is 48.0 Å². The first-order valence-corrected chi connectivity index (χ1v) is 12.2. The van der Waals surface area contributed by atoms with Crippen LogP contribution in [0.2, 0.25) is 0 Å². The van der Waals surface area contributed by atoms with Gasteiger partial charge in [-0.25, -0.2) is 4.98 Å². The van der Waals surface area contributed by atoms with E-state index in [4.69, 9.17) is 4.98 Å². The van der Waals surface area contributed by atoms with Crippen molar-refractivity contribution in [3.05, 3.63) is 94.3 Å². The number of para-hydroxylation sites is 1. The highest BCUT2D eigenvalue weighted by molar-refractivity contribution is 6.00. The average Bonchev–Trinajstić information content (AvgIpc) is 3.62. The number of hydrogen-bond acceptors (Lipinski definition) is 4. The fraction of sp³-hybridized carbons (Fsp3) is 0.276. The minimum absolute atomic E-state index is 0.209. The minimum Gasteiger partial charge on any atom is -0.481 e. The van der Waals surface area contributed by atoms with Crippen LogP contribution in [0.25, 0.3) is 5.65 Å².